The Labute approximate surface area is 128 Å². The summed E-state index contributed by atoms with van der Waals surface area (Å²) in [5.74, 6) is 0.00712. The average Bonchev–Trinajstić information content (AvgIpc) is 2.48. The summed E-state index contributed by atoms with van der Waals surface area (Å²) >= 11 is 5.75. The SMILES string of the molecule is CC1CN(c2ncc(Cl)cc2F)CCN1c1ccncc1. The maximum atomic E-state index is 14.0. The zero-order valence-corrected chi connectivity index (χ0v) is 12.5. The van der Waals surface area contributed by atoms with Gasteiger partial charge in [-0.3, -0.25) is 4.98 Å². The molecule has 6 heteroatoms. The second-order valence-electron chi connectivity index (χ2n) is 5.15. The first kappa shape index (κ1) is 14.1. The Morgan fingerprint density at radius 3 is 2.71 bits per heavy atom. The highest BCUT2D eigenvalue weighted by Gasteiger charge is 2.26. The zero-order chi connectivity index (χ0) is 14.8. The van der Waals surface area contributed by atoms with Crippen LogP contribution in [-0.4, -0.2) is 35.6 Å². The molecule has 21 heavy (non-hydrogen) atoms. The number of aromatic nitrogens is 2. The Morgan fingerprint density at radius 1 is 1.29 bits per heavy atom. The Morgan fingerprint density at radius 2 is 2.05 bits per heavy atom. The fraction of sp³-hybridized carbons (Fsp3) is 0.333. The van der Waals surface area contributed by atoms with E-state index in [1.807, 2.05) is 17.0 Å². The Bertz CT molecular complexity index is 622. The van der Waals surface area contributed by atoms with E-state index in [-0.39, 0.29) is 11.9 Å². The van der Waals surface area contributed by atoms with Gasteiger partial charge >= 0.3 is 0 Å². The first-order valence-corrected chi connectivity index (χ1v) is 7.25. The number of halogens is 2. The topological polar surface area (TPSA) is 32.3 Å². The molecule has 0 saturated carbocycles. The van der Waals surface area contributed by atoms with E-state index < -0.39 is 0 Å². The highest BCUT2D eigenvalue weighted by Crippen LogP contribution is 2.25. The fourth-order valence-electron chi connectivity index (χ4n) is 2.71. The molecular weight excluding hydrogens is 291 g/mol. The van der Waals surface area contributed by atoms with Gasteiger partial charge in [-0.2, -0.15) is 0 Å². The minimum Gasteiger partial charge on any atom is -0.365 e. The summed E-state index contributed by atoms with van der Waals surface area (Å²) in [6, 6.07) is 5.56. The third kappa shape index (κ3) is 2.93. The lowest BCUT2D eigenvalue weighted by molar-refractivity contribution is 0.531. The van der Waals surface area contributed by atoms with E-state index in [1.165, 1.54) is 12.3 Å². The number of hydrogen-bond donors (Lipinski definition) is 0. The molecular formula is C15H16ClFN4. The molecule has 0 aromatic carbocycles. The van der Waals surface area contributed by atoms with Crippen molar-refractivity contribution in [2.24, 2.45) is 0 Å². The molecule has 4 nitrogen and oxygen atoms in total. The standard InChI is InChI=1S/C15H16ClFN4/c1-11-10-20(15-14(17)8-12(16)9-19-15)6-7-21(11)13-2-4-18-5-3-13/h2-5,8-9,11H,6-7,10H2,1H3. The third-order valence-electron chi connectivity index (χ3n) is 3.71. The van der Waals surface area contributed by atoms with Crippen LogP contribution >= 0.6 is 11.6 Å². The van der Waals surface area contributed by atoms with Gasteiger partial charge in [0.15, 0.2) is 11.6 Å². The summed E-state index contributed by atoms with van der Waals surface area (Å²) in [5, 5.41) is 0.319. The monoisotopic (exact) mass is 306 g/mol. The molecule has 2 aromatic heterocycles. The van der Waals surface area contributed by atoms with E-state index >= 15 is 0 Å². The number of piperazine rings is 1. The predicted molar refractivity (Wildman–Crippen MR) is 82.5 cm³/mol. The normalized spacial score (nSPS) is 18.9. The molecule has 1 fully saturated rings. The molecule has 0 aliphatic carbocycles. The maximum Gasteiger partial charge on any atom is 0.167 e. The number of rotatable bonds is 2. The first-order chi connectivity index (χ1) is 10.1. The molecule has 1 aliphatic heterocycles. The molecule has 0 N–H and O–H groups in total. The van der Waals surface area contributed by atoms with Crippen LogP contribution < -0.4 is 9.80 Å². The van der Waals surface area contributed by atoms with E-state index in [0.717, 1.165) is 18.8 Å². The summed E-state index contributed by atoms with van der Waals surface area (Å²) in [7, 11) is 0. The van der Waals surface area contributed by atoms with E-state index in [2.05, 4.69) is 21.8 Å². The highest BCUT2D eigenvalue weighted by molar-refractivity contribution is 6.30. The van der Waals surface area contributed by atoms with E-state index in [9.17, 15) is 4.39 Å². The summed E-state index contributed by atoms with van der Waals surface area (Å²) in [5.41, 5.74) is 1.14. The molecule has 3 rings (SSSR count). The number of pyridine rings is 2. The van der Waals surface area contributed by atoms with Crippen molar-refractivity contribution in [2.75, 3.05) is 29.4 Å². The van der Waals surface area contributed by atoms with Crippen LogP contribution in [0.15, 0.2) is 36.8 Å². The lowest BCUT2D eigenvalue weighted by atomic mass is 10.1. The van der Waals surface area contributed by atoms with Gasteiger partial charge in [-0.1, -0.05) is 11.6 Å². The Balaban J connectivity index is 1.76. The minimum absolute atomic E-state index is 0.262. The average molecular weight is 307 g/mol. The van der Waals surface area contributed by atoms with Crippen LogP contribution in [0.2, 0.25) is 5.02 Å². The Hall–Kier alpha value is -1.88. The van der Waals surface area contributed by atoms with Crippen LogP contribution in [0.4, 0.5) is 15.9 Å². The van der Waals surface area contributed by atoms with Crippen molar-refractivity contribution in [3.8, 4) is 0 Å². The van der Waals surface area contributed by atoms with Crippen molar-refractivity contribution in [3.05, 3.63) is 47.6 Å². The van der Waals surface area contributed by atoms with Gasteiger partial charge in [0, 0.05) is 50.0 Å². The van der Waals surface area contributed by atoms with Gasteiger partial charge in [-0.25, -0.2) is 9.37 Å². The molecule has 0 amide bonds. The third-order valence-corrected chi connectivity index (χ3v) is 3.92. The van der Waals surface area contributed by atoms with E-state index in [0.29, 0.717) is 17.4 Å². The number of nitrogens with zero attached hydrogens (tertiary/aromatic N) is 4. The first-order valence-electron chi connectivity index (χ1n) is 6.88. The van der Waals surface area contributed by atoms with Crippen LogP contribution in [-0.2, 0) is 0 Å². The highest BCUT2D eigenvalue weighted by atomic mass is 35.5. The second kappa shape index (κ2) is 5.85. The van der Waals surface area contributed by atoms with Crippen molar-refractivity contribution in [1.82, 2.24) is 9.97 Å². The fourth-order valence-corrected chi connectivity index (χ4v) is 2.85. The predicted octanol–water partition coefficient (Wildman–Crippen LogP) is 2.98. The van der Waals surface area contributed by atoms with Gasteiger partial charge in [0.1, 0.15) is 0 Å². The molecule has 0 bridgehead atoms. The smallest absolute Gasteiger partial charge is 0.167 e. The summed E-state index contributed by atoms with van der Waals surface area (Å²) in [4.78, 5) is 12.4. The largest absolute Gasteiger partial charge is 0.365 e. The lowest BCUT2D eigenvalue weighted by Crippen LogP contribution is -2.52. The van der Waals surface area contributed by atoms with Crippen molar-refractivity contribution in [1.29, 1.82) is 0 Å². The Kier molecular flexibility index (Phi) is 3.92. The number of anilines is 2. The molecule has 1 aliphatic rings. The van der Waals surface area contributed by atoms with Crippen molar-refractivity contribution in [2.45, 2.75) is 13.0 Å². The maximum absolute atomic E-state index is 14.0. The molecule has 3 heterocycles. The van der Waals surface area contributed by atoms with E-state index in [1.54, 1.807) is 12.4 Å². The molecule has 1 atom stereocenters. The summed E-state index contributed by atoms with van der Waals surface area (Å²) in [6.45, 7) is 4.38. The van der Waals surface area contributed by atoms with E-state index in [4.69, 9.17) is 11.6 Å². The molecule has 0 radical (unpaired) electrons. The van der Waals surface area contributed by atoms with Crippen molar-refractivity contribution >= 4 is 23.1 Å². The van der Waals surface area contributed by atoms with Crippen LogP contribution in [0.25, 0.3) is 0 Å². The second-order valence-corrected chi connectivity index (χ2v) is 5.59. The van der Waals surface area contributed by atoms with Crippen LogP contribution in [0.5, 0.6) is 0 Å². The van der Waals surface area contributed by atoms with Gasteiger partial charge < -0.3 is 9.80 Å². The van der Waals surface area contributed by atoms with Gasteiger partial charge in [-0.05, 0) is 25.1 Å². The molecule has 1 unspecified atom stereocenters. The minimum atomic E-state index is -0.368. The summed E-state index contributed by atoms with van der Waals surface area (Å²) in [6.07, 6.45) is 5.06. The van der Waals surface area contributed by atoms with Crippen molar-refractivity contribution in [3.63, 3.8) is 0 Å². The van der Waals surface area contributed by atoms with Crippen molar-refractivity contribution < 1.29 is 4.39 Å². The molecule has 0 spiro atoms. The molecule has 2 aromatic rings. The van der Waals surface area contributed by atoms with Gasteiger partial charge in [0.05, 0.1) is 5.02 Å². The van der Waals surface area contributed by atoms with Crippen LogP contribution in [0, 0.1) is 5.82 Å². The number of hydrogen-bond acceptors (Lipinski definition) is 4. The van der Waals surface area contributed by atoms with Crippen LogP contribution in [0.1, 0.15) is 6.92 Å². The van der Waals surface area contributed by atoms with Gasteiger partial charge in [0.25, 0.3) is 0 Å². The van der Waals surface area contributed by atoms with Crippen LogP contribution in [0.3, 0.4) is 0 Å². The lowest BCUT2D eigenvalue weighted by Gasteiger charge is -2.41. The zero-order valence-electron chi connectivity index (χ0n) is 11.7. The van der Waals surface area contributed by atoms with Gasteiger partial charge in [-0.15, -0.1) is 0 Å². The molecule has 110 valence electrons. The van der Waals surface area contributed by atoms with Gasteiger partial charge in [0.2, 0.25) is 0 Å². The summed E-state index contributed by atoms with van der Waals surface area (Å²) < 4.78 is 14.0. The quantitative estimate of drug-likeness (QED) is 0.854. The molecule has 1 saturated heterocycles.